The monoisotopic (exact) mass is 276 g/mol. The number of nitrogen functional groups attached to an aromatic ring is 1. The Morgan fingerprint density at radius 3 is 2.53 bits per heavy atom. The van der Waals surface area contributed by atoms with Gasteiger partial charge in [-0.2, -0.15) is 0 Å². The molecule has 0 aliphatic carbocycles. The second kappa shape index (κ2) is 5.63. The highest BCUT2D eigenvalue weighted by molar-refractivity contribution is 6.32. The Balaban J connectivity index is 2.01. The number of benzene rings is 2. The van der Waals surface area contributed by atoms with Gasteiger partial charge in [-0.15, -0.1) is 0 Å². The second-order valence-electron chi connectivity index (χ2n) is 4.13. The number of aromatic hydroxyl groups is 1. The van der Waals surface area contributed by atoms with Crippen molar-refractivity contribution in [1.82, 2.24) is 0 Å². The molecule has 19 heavy (non-hydrogen) atoms. The van der Waals surface area contributed by atoms with Crippen LogP contribution in [0.15, 0.2) is 42.5 Å². The summed E-state index contributed by atoms with van der Waals surface area (Å²) in [6.07, 6.45) is 0.249. The standard InChI is InChI=1S/C14H13ClN2O2/c15-12-8-11(5-6-13(12)18)17-14(19)7-9-1-3-10(16)4-2-9/h1-6,8,18H,7,16H2,(H,17,19). The smallest absolute Gasteiger partial charge is 0.228 e. The Labute approximate surface area is 115 Å². The van der Waals surface area contributed by atoms with Crippen molar-refractivity contribution in [3.8, 4) is 5.75 Å². The van der Waals surface area contributed by atoms with E-state index in [1.165, 1.54) is 12.1 Å². The van der Waals surface area contributed by atoms with Crippen LogP contribution < -0.4 is 11.1 Å². The maximum Gasteiger partial charge on any atom is 0.228 e. The molecule has 4 N–H and O–H groups in total. The Bertz CT molecular complexity index is 597. The van der Waals surface area contributed by atoms with Crippen molar-refractivity contribution < 1.29 is 9.90 Å². The van der Waals surface area contributed by atoms with Gasteiger partial charge in [0.25, 0.3) is 0 Å². The van der Waals surface area contributed by atoms with Crippen molar-refractivity contribution in [3.63, 3.8) is 0 Å². The van der Waals surface area contributed by atoms with Crippen LogP contribution >= 0.6 is 11.6 Å². The zero-order valence-electron chi connectivity index (χ0n) is 10.1. The number of phenolic OH excluding ortho intramolecular Hbond substituents is 1. The molecular weight excluding hydrogens is 264 g/mol. The van der Waals surface area contributed by atoms with Crippen molar-refractivity contribution in [2.24, 2.45) is 0 Å². The quantitative estimate of drug-likeness (QED) is 0.596. The van der Waals surface area contributed by atoms with Gasteiger partial charge in [-0.05, 0) is 35.9 Å². The molecule has 0 saturated heterocycles. The first-order chi connectivity index (χ1) is 9.04. The van der Waals surface area contributed by atoms with E-state index in [0.717, 1.165) is 5.56 Å². The van der Waals surface area contributed by atoms with E-state index in [9.17, 15) is 9.90 Å². The molecule has 5 heteroatoms. The highest BCUT2D eigenvalue weighted by Crippen LogP contribution is 2.26. The fraction of sp³-hybridized carbons (Fsp3) is 0.0714. The van der Waals surface area contributed by atoms with E-state index >= 15 is 0 Å². The normalized spacial score (nSPS) is 10.2. The third-order valence-corrected chi connectivity index (χ3v) is 2.88. The molecule has 1 amide bonds. The maximum absolute atomic E-state index is 11.8. The highest BCUT2D eigenvalue weighted by Gasteiger charge is 2.06. The van der Waals surface area contributed by atoms with E-state index in [1.54, 1.807) is 30.3 Å². The molecule has 0 aromatic heterocycles. The Morgan fingerprint density at radius 2 is 1.89 bits per heavy atom. The zero-order valence-corrected chi connectivity index (χ0v) is 10.8. The Kier molecular flexibility index (Phi) is 3.92. The molecule has 2 rings (SSSR count). The predicted molar refractivity (Wildman–Crippen MR) is 76.3 cm³/mol. The first-order valence-electron chi connectivity index (χ1n) is 5.67. The minimum Gasteiger partial charge on any atom is -0.506 e. The number of rotatable bonds is 3. The molecule has 0 spiro atoms. The van der Waals surface area contributed by atoms with E-state index in [2.05, 4.69) is 5.32 Å². The van der Waals surface area contributed by atoms with E-state index in [0.29, 0.717) is 11.4 Å². The number of carbonyl (C=O) groups is 1. The van der Waals surface area contributed by atoms with Crippen LogP contribution in [-0.2, 0) is 11.2 Å². The summed E-state index contributed by atoms with van der Waals surface area (Å²) in [5, 5.41) is 12.2. The number of carbonyl (C=O) groups excluding carboxylic acids is 1. The molecule has 4 nitrogen and oxygen atoms in total. The minimum atomic E-state index is -0.161. The minimum absolute atomic E-state index is 0.0156. The summed E-state index contributed by atoms with van der Waals surface area (Å²) in [5.74, 6) is -0.176. The van der Waals surface area contributed by atoms with Crippen LogP contribution in [0.2, 0.25) is 5.02 Å². The second-order valence-corrected chi connectivity index (χ2v) is 4.54. The summed E-state index contributed by atoms with van der Waals surface area (Å²) in [7, 11) is 0. The SMILES string of the molecule is Nc1ccc(CC(=O)Nc2ccc(O)c(Cl)c2)cc1. The molecule has 0 bridgehead atoms. The van der Waals surface area contributed by atoms with Crippen molar-refractivity contribution in [1.29, 1.82) is 0 Å². The van der Waals surface area contributed by atoms with E-state index in [1.807, 2.05) is 0 Å². The van der Waals surface area contributed by atoms with Crippen LogP contribution in [0.1, 0.15) is 5.56 Å². The summed E-state index contributed by atoms with van der Waals surface area (Å²) >= 11 is 5.76. The average Bonchev–Trinajstić information content (AvgIpc) is 2.37. The molecule has 2 aromatic carbocycles. The molecular formula is C14H13ClN2O2. The van der Waals surface area contributed by atoms with Gasteiger partial charge in [0.2, 0.25) is 5.91 Å². The lowest BCUT2D eigenvalue weighted by Crippen LogP contribution is -2.14. The summed E-state index contributed by atoms with van der Waals surface area (Å²) < 4.78 is 0. The topological polar surface area (TPSA) is 75.4 Å². The maximum atomic E-state index is 11.8. The number of hydrogen-bond donors (Lipinski definition) is 3. The number of hydrogen-bond acceptors (Lipinski definition) is 3. The van der Waals surface area contributed by atoms with Gasteiger partial charge < -0.3 is 16.2 Å². The van der Waals surface area contributed by atoms with Gasteiger partial charge >= 0.3 is 0 Å². The summed E-state index contributed by atoms with van der Waals surface area (Å²) in [4.78, 5) is 11.8. The van der Waals surface area contributed by atoms with Gasteiger partial charge in [0.05, 0.1) is 11.4 Å². The number of halogens is 1. The fourth-order valence-electron chi connectivity index (χ4n) is 1.61. The van der Waals surface area contributed by atoms with Crippen LogP contribution in [0, 0.1) is 0 Å². The average molecular weight is 277 g/mol. The number of amides is 1. The van der Waals surface area contributed by atoms with Gasteiger partial charge in [-0.3, -0.25) is 4.79 Å². The molecule has 0 atom stereocenters. The largest absolute Gasteiger partial charge is 0.506 e. The van der Waals surface area contributed by atoms with Gasteiger partial charge in [-0.1, -0.05) is 23.7 Å². The highest BCUT2D eigenvalue weighted by atomic mass is 35.5. The molecule has 0 saturated carbocycles. The lowest BCUT2D eigenvalue weighted by molar-refractivity contribution is -0.115. The molecule has 0 aliphatic heterocycles. The van der Waals surface area contributed by atoms with Gasteiger partial charge in [0.1, 0.15) is 5.75 Å². The van der Waals surface area contributed by atoms with E-state index in [4.69, 9.17) is 17.3 Å². The molecule has 0 aliphatic rings. The fourth-order valence-corrected chi connectivity index (χ4v) is 1.79. The van der Waals surface area contributed by atoms with E-state index < -0.39 is 0 Å². The third-order valence-electron chi connectivity index (χ3n) is 2.58. The van der Waals surface area contributed by atoms with Gasteiger partial charge in [0, 0.05) is 11.4 Å². The Hall–Kier alpha value is -2.20. The van der Waals surface area contributed by atoms with Crippen molar-refractivity contribution in [2.75, 3.05) is 11.1 Å². The molecule has 0 unspecified atom stereocenters. The molecule has 0 fully saturated rings. The van der Waals surface area contributed by atoms with Crippen LogP contribution in [0.5, 0.6) is 5.75 Å². The molecule has 0 radical (unpaired) electrons. The van der Waals surface area contributed by atoms with Crippen molar-refractivity contribution in [3.05, 3.63) is 53.1 Å². The van der Waals surface area contributed by atoms with Gasteiger partial charge in [-0.25, -0.2) is 0 Å². The molecule has 98 valence electrons. The van der Waals surface area contributed by atoms with Crippen LogP contribution in [0.4, 0.5) is 11.4 Å². The number of nitrogens with two attached hydrogens (primary N) is 1. The van der Waals surface area contributed by atoms with Crippen LogP contribution in [0.3, 0.4) is 0 Å². The van der Waals surface area contributed by atoms with Gasteiger partial charge in [0.15, 0.2) is 0 Å². The van der Waals surface area contributed by atoms with Crippen LogP contribution in [0.25, 0.3) is 0 Å². The number of phenols is 1. The molecule has 0 heterocycles. The summed E-state index contributed by atoms with van der Waals surface area (Å²) in [6.45, 7) is 0. The first kappa shape index (κ1) is 13.2. The summed E-state index contributed by atoms with van der Waals surface area (Å²) in [6, 6.07) is 11.6. The van der Waals surface area contributed by atoms with Crippen LogP contribution in [-0.4, -0.2) is 11.0 Å². The zero-order chi connectivity index (χ0) is 13.8. The van der Waals surface area contributed by atoms with E-state index in [-0.39, 0.29) is 23.1 Å². The number of anilines is 2. The first-order valence-corrected chi connectivity index (χ1v) is 6.05. The molecule has 2 aromatic rings. The lowest BCUT2D eigenvalue weighted by Gasteiger charge is -2.06. The van der Waals surface area contributed by atoms with Crippen molar-refractivity contribution in [2.45, 2.75) is 6.42 Å². The Morgan fingerprint density at radius 1 is 1.21 bits per heavy atom. The number of nitrogens with one attached hydrogen (secondary N) is 1. The lowest BCUT2D eigenvalue weighted by atomic mass is 10.1. The van der Waals surface area contributed by atoms with Crippen molar-refractivity contribution >= 4 is 28.9 Å². The summed E-state index contributed by atoms with van der Waals surface area (Å²) in [5.41, 5.74) is 7.65. The third kappa shape index (κ3) is 3.63. The predicted octanol–water partition coefficient (Wildman–Crippen LogP) is 2.81.